The number of aryl methyl sites for hydroxylation is 1. The van der Waals surface area contributed by atoms with Crippen LogP contribution in [0.15, 0.2) is 53.0 Å². The van der Waals surface area contributed by atoms with Crippen LogP contribution < -0.4 is 4.74 Å². The summed E-state index contributed by atoms with van der Waals surface area (Å²) in [5.74, 6) is 1.24. The third-order valence-electron chi connectivity index (χ3n) is 3.30. The number of aromatic nitrogens is 1. The number of fused-ring (bicyclic) bond motifs is 1. The van der Waals surface area contributed by atoms with E-state index in [0.29, 0.717) is 5.88 Å². The van der Waals surface area contributed by atoms with Gasteiger partial charge in [0.1, 0.15) is 5.75 Å². The van der Waals surface area contributed by atoms with Crippen molar-refractivity contribution in [2.75, 3.05) is 0 Å². The first-order valence-corrected chi connectivity index (χ1v) is 7.40. The van der Waals surface area contributed by atoms with Crippen LogP contribution in [-0.2, 0) is 6.61 Å². The molecule has 1 heterocycles. The molecule has 3 aromatic rings. The van der Waals surface area contributed by atoms with E-state index in [1.807, 2.05) is 49.4 Å². The van der Waals surface area contributed by atoms with Gasteiger partial charge in [0.05, 0.1) is 12.1 Å². The van der Waals surface area contributed by atoms with Crippen molar-refractivity contribution in [2.24, 2.45) is 0 Å². The Morgan fingerprint density at radius 2 is 1.95 bits per heavy atom. The minimum atomic E-state index is -0.0429. The Balaban J connectivity index is 2.04. The highest BCUT2D eigenvalue weighted by atomic mass is 79.9. The third kappa shape index (κ3) is 2.91. The molecule has 0 atom stereocenters. The first-order valence-electron chi connectivity index (χ1n) is 6.61. The molecule has 0 aliphatic rings. The monoisotopic (exact) mass is 343 g/mol. The van der Waals surface area contributed by atoms with Crippen LogP contribution in [0.2, 0.25) is 0 Å². The van der Waals surface area contributed by atoms with Gasteiger partial charge in [-0.05, 0) is 42.3 Å². The number of hydrogen-bond acceptors (Lipinski definition) is 3. The Bertz CT molecular complexity index is 802. The van der Waals surface area contributed by atoms with Crippen molar-refractivity contribution in [2.45, 2.75) is 13.5 Å². The number of benzene rings is 2. The van der Waals surface area contributed by atoms with Gasteiger partial charge < -0.3 is 9.84 Å². The summed E-state index contributed by atoms with van der Waals surface area (Å²) in [6.45, 7) is 1.94. The van der Waals surface area contributed by atoms with E-state index < -0.39 is 0 Å². The van der Waals surface area contributed by atoms with E-state index in [0.717, 1.165) is 32.3 Å². The number of aliphatic hydroxyl groups is 1. The molecular formula is C17H14BrNO2. The number of para-hydroxylation sites is 1. The van der Waals surface area contributed by atoms with Crippen molar-refractivity contribution in [3.05, 3.63) is 64.1 Å². The van der Waals surface area contributed by atoms with Crippen LogP contribution in [0.25, 0.3) is 10.9 Å². The van der Waals surface area contributed by atoms with Crippen LogP contribution in [0.4, 0.5) is 0 Å². The molecule has 3 nitrogen and oxygen atoms in total. The maximum Gasteiger partial charge on any atom is 0.220 e. The predicted molar refractivity (Wildman–Crippen MR) is 86.6 cm³/mol. The molecular weight excluding hydrogens is 330 g/mol. The summed E-state index contributed by atoms with van der Waals surface area (Å²) >= 11 is 3.43. The standard InChI is InChI=1S/C17H14BrNO2/c1-11-8-13(18)6-7-16(11)21-17-9-12(10-20)14-4-2-3-5-15(14)19-17/h2-9,20H,10H2,1H3. The molecule has 1 N–H and O–H groups in total. The molecule has 0 amide bonds. The number of aliphatic hydroxyl groups excluding tert-OH is 1. The molecule has 1 aromatic heterocycles. The van der Waals surface area contributed by atoms with Gasteiger partial charge in [0, 0.05) is 15.9 Å². The summed E-state index contributed by atoms with van der Waals surface area (Å²) in [6, 6.07) is 15.3. The molecule has 3 rings (SSSR count). The first kappa shape index (κ1) is 14.0. The summed E-state index contributed by atoms with van der Waals surface area (Å²) in [5.41, 5.74) is 2.64. The number of nitrogens with zero attached hydrogens (tertiary/aromatic N) is 1. The van der Waals surface area contributed by atoms with Crippen molar-refractivity contribution in [3.63, 3.8) is 0 Å². The molecule has 2 aromatic carbocycles. The van der Waals surface area contributed by atoms with Gasteiger partial charge in [0.15, 0.2) is 0 Å². The lowest BCUT2D eigenvalue weighted by molar-refractivity contribution is 0.282. The Hall–Kier alpha value is -1.91. The van der Waals surface area contributed by atoms with Crippen molar-refractivity contribution in [1.29, 1.82) is 0 Å². The SMILES string of the molecule is Cc1cc(Br)ccc1Oc1cc(CO)c2ccccc2n1. The fourth-order valence-corrected chi connectivity index (χ4v) is 2.72. The maximum absolute atomic E-state index is 9.53. The second-order valence-electron chi connectivity index (χ2n) is 4.81. The Morgan fingerprint density at radius 1 is 1.14 bits per heavy atom. The van der Waals surface area contributed by atoms with E-state index in [-0.39, 0.29) is 6.61 Å². The molecule has 0 fully saturated rings. The summed E-state index contributed by atoms with van der Waals surface area (Å²) in [4.78, 5) is 4.50. The van der Waals surface area contributed by atoms with E-state index in [4.69, 9.17) is 4.74 Å². The molecule has 106 valence electrons. The third-order valence-corrected chi connectivity index (χ3v) is 3.79. The van der Waals surface area contributed by atoms with Crippen LogP contribution in [0.1, 0.15) is 11.1 Å². The maximum atomic E-state index is 9.53. The largest absolute Gasteiger partial charge is 0.439 e. The zero-order valence-electron chi connectivity index (χ0n) is 11.5. The van der Waals surface area contributed by atoms with Crippen molar-refractivity contribution in [1.82, 2.24) is 4.98 Å². The molecule has 0 spiro atoms. The molecule has 4 heteroatoms. The second kappa shape index (κ2) is 5.84. The van der Waals surface area contributed by atoms with Crippen LogP contribution in [0.3, 0.4) is 0 Å². The molecule has 0 saturated carbocycles. The molecule has 21 heavy (non-hydrogen) atoms. The normalized spacial score (nSPS) is 10.8. The van der Waals surface area contributed by atoms with Gasteiger partial charge in [0.2, 0.25) is 5.88 Å². The van der Waals surface area contributed by atoms with Crippen molar-refractivity contribution in [3.8, 4) is 11.6 Å². The predicted octanol–water partition coefficient (Wildman–Crippen LogP) is 4.59. The van der Waals surface area contributed by atoms with Gasteiger partial charge in [-0.15, -0.1) is 0 Å². The fourth-order valence-electron chi connectivity index (χ4n) is 2.24. The van der Waals surface area contributed by atoms with E-state index in [1.165, 1.54) is 0 Å². The Morgan fingerprint density at radius 3 is 2.71 bits per heavy atom. The zero-order chi connectivity index (χ0) is 14.8. The highest BCUT2D eigenvalue weighted by molar-refractivity contribution is 9.10. The lowest BCUT2D eigenvalue weighted by Crippen LogP contribution is -1.95. The molecule has 0 aliphatic heterocycles. The topological polar surface area (TPSA) is 42.4 Å². The number of rotatable bonds is 3. The minimum absolute atomic E-state index is 0.0429. The van der Waals surface area contributed by atoms with Gasteiger partial charge >= 0.3 is 0 Å². The molecule has 0 aliphatic carbocycles. The minimum Gasteiger partial charge on any atom is -0.439 e. The van der Waals surface area contributed by atoms with E-state index in [1.54, 1.807) is 6.07 Å². The lowest BCUT2D eigenvalue weighted by Gasteiger charge is -2.11. The quantitative estimate of drug-likeness (QED) is 0.756. The van der Waals surface area contributed by atoms with Gasteiger partial charge in [0.25, 0.3) is 0 Å². The summed E-state index contributed by atoms with van der Waals surface area (Å²) in [7, 11) is 0. The van der Waals surface area contributed by atoms with E-state index in [9.17, 15) is 5.11 Å². The highest BCUT2D eigenvalue weighted by Gasteiger charge is 2.08. The Labute approximate surface area is 131 Å². The number of pyridine rings is 1. The van der Waals surface area contributed by atoms with E-state index in [2.05, 4.69) is 20.9 Å². The van der Waals surface area contributed by atoms with E-state index >= 15 is 0 Å². The first-order chi connectivity index (χ1) is 10.2. The number of hydrogen-bond donors (Lipinski definition) is 1. The zero-order valence-corrected chi connectivity index (χ0v) is 13.1. The number of ether oxygens (including phenoxy) is 1. The Kier molecular flexibility index (Phi) is 3.90. The molecule has 0 saturated heterocycles. The second-order valence-corrected chi connectivity index (χ2v) is 5.72. The smallest absolute Gasteiger partial charge is 0.220 e. The summed E-state index contributed by atoms with van der Waals surface area (Å²) < 4.78 is 6.88. The van der Waals surface area contributed by atoms with Gasteiger partial charge in [-0.3, -0.25) is 0 Å². The average Bonchev–Trinajstić information content (AvgIpc) is 2.49. The van der Waals surface area contributed by atoms with Gasteiger partial charge in [-0.2, -0.15) is 0 Å². The van der Waals surface area contributed by atoms with Crippen LogP contribution in [0.5, 0.6) is 11.6 Å². The van der Waals surface area contributed by atoms with Crippen LogP contribution in [0, 0.1) is 6.92 Å². The summed E-state index contributed by atoms with van der Waals surface area (Å²) in [6.07, 6.45) is 0. The van der Waals surface area contributed by atoms with Gasteiger partial charge in [-0.25, -0.2) is 4.98 Å². The number of halogens is 1. The summed E-state index contributed by atoms with van der Waals surface area (Å²) in [5, 5.41) is 10.5. The van der Waals surface area contributed by atoms with Crippen molar-refractivity contribution < 1.29 is 9.84 Å². The van der Waals surface area contributed by atoms with Gasteiger partial charge in [-0.1, -0.05) is 34.1 Å². The lowest BCUT2D eigenvalue weighted by atomic mass is 10.1. The molecule has 0 bridgehead atoms. The molecule has 0 radical (unpaired) electrons. The van der Waals surface area contributed by atoms with Crippen LogP contribution in [-0.4, -0.2) is 10.1 Å². The fraction of sp³-hybridized carbons (Fsp3) is 0.118. The van der Waals surface area contributed by atoms with Crippen LogP contribution >= 0.6 is 15.9 Å². The molecule has 0 unspecified atom stereocenters. The van der Waals surface area contributed by atoms with Crippen molar-refractivity contribution >= 4 is 26.8 Å². The average molecular weight is 344 g/mol. The highest BCUT2D eigenvalue weighted by Crippen LogP contribution is 2.29.